The molecule has 5 nitrogen and oxygen atoms in total. The molecule has 0 saturated carbocycles. The Kier molecular flexibility index (Phi) is 6.06. The lowest BCUT2D eigenvalue weighted by Gasteiger charge is -2.26. The summed E-state index contributed by atoms with van der Waals surface area (Å²) in [5, 5.41) is 4.51. The van der Waals surface area contributed by atoms with E-state index < -0.39 is 5.60 Å². The van der Waals surface area contributed by atoms with Crippen molar-refractivity contribution in [1.29, 1.82) is 0 Å². The highest BCUT2D eigenvalue weighted by atomic mass is 35.5. The first kappa shape index (κ1) is 17.5. The number of hydrogen-bond acceptors (Lipinski definition) is 5. The van der Waals surface area contributed by atoms with Gasteiger partial charge in [-0.2, -0.15) is 0 Å². The lowest BCUT2D eigenvalue weighted by atomic mass is 10.1. The zero-order valence-corrected chi connectivity index (χ0v) is 15.0. The largest absolute Gasteiger partial charge is 0.444 e. The van der Waals surface area contributed by atoms with Gasteiger partial charge in [-0.3, -0.25) is 0 Å². The molecule has 1 N–H and O–H groups in total. The summed E-state index contributed by atoms with van der Waals surface area (Å²) in [5.41, 5.74) is -0.439. The van der Waals surface area contributed by atoms with E-state index in [1.54, 1.807) is 6.20 Å². The highest BCUT2D eigenvalue weighted by Gasteiger charge is 2.25. The third-order valence-corrected chi connectivity index (χ3v) is 4.56. The van der Waals surface area contributed by atoms with Crippen LogP contribution in [0, 0.1) is 0 Å². The standard InChI is InChI=1S/C15H24ClN3O2S/c1-15(2,3)21-14(20)19-7-4-5-11(6-8-19)17-10-13-18-9-12(16)22-13/h9,11,17H,4-8,10H2,1-3H3. The summed E-state index contributed by atoms with van der Waals surface area (Å²) in [5.74, 6) is 0. The van der Waals surface area contributed by atoms with Crippen molar-refractivity contribution in [2.24, 2.45) is 0 Å². The van der Waals surface area contributed by atoms with E-state index in [2.05, 4.69) is 10.3 Å². The van der Waals surface area contributed by atoms with Crippen LogP contribution in [0.2, 0.25) is 4.34 Å². The van der Waals surface area contributed by atoms with Gasteiger partial charge in [0.1, 0.15) is 14.9 Å². The Morgan fingerprint density at radius 1 is 1.50 bits per heavy atom. The zero-order valence-electron chi connectivity index (χ0n) is 13.4. The van der Waals surface area contributed by atoms with Crippen molar-refractivity contribution in [3.8, 4) is 0 Å². The number of amides is 1. The van der Waals surface area contributed by atoms with Gasteiger partial charge in [-0.1, -0.05) is 11.6 Å². The molecule has 0 bridgehead atoms. The summed E-state index contributed by atoms with van der Waals surface area (Å²) in [6.45, 7) is 7.90. The van der Waals surface area contributed by atoms with E-state index in [0.717, 1.165) is 43.9 Å². The number of hydrogen-bond donors (Lipinski definition) is 1. The van der Waals surface area contributed by atoms with Crippen LogP contribution in [-0.2, 0) is 11.3 Å². The molecule has 22 heavy (non-hydrogen) atoms. The Bertz CT molecular complexity index is 501. The first-order chi connectivity index (χ1) is 10.3. The molecule has 1 aliphatic rings. The summed E-state index contributed by atoms with van der Waals surface area (Å²) in [4.78, 5) is 18.2. The summed E-state index contributed by atoms with van der Waals surface area (Å²) >= 11 is 7.39. The molecule has 1 atom stereocenters. The Morgan fingerprint density at radius 2 is 2.27 bits per heavy atom. The number of halogens is 1. The van der Waals surface area contributed by atoms with Crippen LogP contribution in [0.1, 0.15) is 45.0 Å². The predicted octanol–water partition coefficient (Wildman–Crippen LogP) is 3.68. The molecular formula is C15H24ClN3O2S. The zero-order chi connectivity index (χ0) is 16.2. The summed E-state index contributed by atoms with van der Waals surface area (Å²) < 4.78 is 6.16. The number of nitrogens with one attached hydrogen (secondary N) is 1. The molecule has 7 heteroatoms. The molecule has 1 aromatic heterocycles. The first-order valence-corrected chi connectivity index (χ1v) is 8.84. The van der Waals surface area contributed by atoms with E-state index in [9.17, 15) is 4.79 Å². The third kappa shape index (κ3) is 5.74. The van der Waals surface area contributed by atoms with Gasteiger partial charge >= 0.3 is 6.09 Å². The van der Waals surface area contributed by atoms with Gasteiger partial charge in [-0.05, 0) is 40.0 Å². The van der Waals surface area contributed by atoms with Crippen LogP contribution in [0.3, 0.4) is 0 Å². The SMILES string of the molecule is CC(C)(C)OC(=O)N1CCCC(NCc2ncc(Cl)s2)CC1. The first-order valence-electron chi connectivity index (χ1n) is 7.65. The second-order valence-corrected chi connectivity index (χ2v) is 8.28. The Labute approximate surface area is 141 Å². The second-order valence-electron chi connectivity index (χ2n) is 6.53. The van der Waals surface area contributed by atoms with Crippen molar-refractivity contribution in [2.75, 3.05) is 13.1 Å². The van der Waals surface area contributed by atoms with E-state index in [0.29, 0.717) is 10.4 Å². The second kappa shape index (κ2) is 7.62. The van der Waals surface area contributed by atoms with Gasteiger partial charge in [0.25, 0.3) is 0 Å². The van der Waals surface area contributed by atoms with Crippen LogP contribution < -0.4 is 5.32 Å². The normalized spacial score (nSPS) is 19.8. The van der Waals surface area contributed by atoms with Gasteiger partial charge in [0.05, 0.1) is 6.20 Å². The van der Waals surface area contributed by atoms with Crippen LogP contribution in [0.5, 0.6) is 0 Å². The molecule has 1 aliphatic heterocycles. The minimum atomic E-state index is -0.439. The summed E-state index contributed by atoms with van der Waals surface area (Å²) in [7, 11) is 0. The van der Waals surface area contributed by atoms with E-state index in [1.165, 1.54) is 11.3 Å². The van der Waals surface area contributed by atoms with Gasteiger partial charge in [-0.15, -0.1) is 11.3 Å². The molecule has 0 aliphatic carbocycles. The highest BCUT2D eigenvalue weighted by Crippen LogP contribution is 2.19. The predicted molar refractivity (Wildman–Crippen MR) is 89.4 cm³/mol. The number of rotatable bonds is 3. The quantitative estimate of drug-likeness (QED) is 0.908. The van der Waals surface area contributed by atoms with Crippen molar-refractivity contribution >= 4 is 29.0 Å². The van der Waals surface area contributed by atoms with Crippen LogP contribution in [0.4, 0.5) is 4.79 Å². The molecular weight excluding hydrogens is 322 g/mol. The Hall–Kier alpha value is -0.850. The molecule has 1 amide bonds. The van der Waals surface area contributed by atoms with Gasteiger partial charge in [0.2, 0.25) is 0 Å². The average Bonchev–Trinajstić information content (AvgIpc) is 2.69. The fourth-order valence-electron chi connectivity index (χ4n) is 2.41. The number of carbonyl (C=O) groups is 1. The molecule has 2 rings (SSSR count). The fraction of sp³-hybridized carbons (Fsp3) is 0.733. The number of carbonyl (C=O) groups excluding carboxylic acids is 1. The third-order valence-electron chi connectivity index (χ3n) is 3.45. The van der Waals surface area contributed by atoms with Crippen LogP contribution >= 0.6 is 22.9 Å². The smallest absolute Gasteiger partial charge is 0.410 e. The Balaban J connectivity index is 1.78. The Morgan fingerprint density at radius 3 is 2.91 bits per heavy atom. The lowest BCUT2D eigenvalue weighted by Crippen LogP contribution is -2.38. The van der Waals surface area contributed by atoms with E-state index >= 15 is 0 Å². The van der Waals surface area contributed by atoms with Crippen molar-refractivity contribution in [1.82, 2.24) is 15.2 Å². The molecule has 0 aromatic carbocycles. The van der Waals surface area contributed by atoms with Crippen molar-refractivity contribution in [3.63, 3.8) is 0 Å². The number of nitrogens with zero attached hydrogens (tertiary/aromatic N) is 2. The van der Waals surface area contributed by atoms with Gasteiger partial charge in [0.15, 0.2) is 0 Å². The highest BCUT2D eigenvalue weighted by molar-refractivity contribution is 7.15. The van der Waals surface area contributed by atoms with Crippen molar-refractivity contribution < 1.29 is 9.53 Å². The molecule has 1 unspecified atom stereocenters. The number of thiazole rings is 1. The van der Waals surface area contributed by atoms with Crippen molar-refractivity contribution in [3.05, 3.63) is 15.5 Å². The fourth-order valence-corrected chi connectivity index (χ4v) is 3.32. The number of aromatic nitrogens is 1. The van der Waals surface area contributed by atoms with Crippen LogP contribution in [0.15, 0.2) is 6.20 Å². The molecule has 1 aromatic rings. The lowest BCUT2D eigenvalue weighted by molar-refractivity contribution is 0.0256. The topological polar surface area (TPSA) is 54.5 Å². The minimum absolute atomic E-state index is 0.208. The van der Waals surface area contributed by atoms with Crippen LogP contribution in [0.25, 0.3) is 0 Å². The number of ether oxygens (including phenoxy) is 1. The molecule has 1 saturated heterocycles. The van der Waals surface area contributed by atoms with Gasteiger partial charge in [0, 0.05) is 25.7 Å². The van der Waals surface area contributed by atoms with E-state index in [-0.39, 0.29) is 6.09 Å². The van der Waals surface area contributed by atoms with Gasteiger partial charge in [-0.25, -0.2) is 9.78 Å². The van der Waals surface area contributed by atoms with E-state index in [4.69, 9.17) is 16.3 Å². The molecule has 2 heterocycles. The van der Waals surface area contributed by atoms with E-state index in [1.807, 2.05) is 25.7 Å². The average molecular weight is 346 g/mol. The maximum atomic E-state index is 12.1. The van der Waals surface area contributed by atoms with Gasteiger partial charge < -0.3 is 15.0 Å². The summed E-state index contributed by atoms with van der Waals surface area (Å²) in [6.07, 6.45) is 4.44. The maximum absolute atomic E-state index is 12.1. The molecule has 124 valence electrons. The minimum Gasteiger partial charge on any atom is -0.444 e. The molecule has 0 spiro atoms. The van der Waals surface area contributed by atoms with Crippen LogP contribution in [-0.4, -0.2) is 40.7 Å². The molecule has 0 radical (unpaired) electrons. The van der Waals surface area contributed by atoms with Crippen molar-refractivity contribution in [2.45, 2.75) is 58.2 Å². The summed E-state index contributed by atoms with van der Waals surface area (Å²) in [6, 6.07) is 0.398. The number of likely N-dealkylation sites (tertiary alicyclic amines) is 1. The molecule has 1 fully saturated rings. The maximum Gasteiger partial charge on any atom is 0.410 e. The monoisotopic (exact) mass is 345 g/mol.